The molecule has 1 unspecified atom stereocenters. The number of carbonyl (C=O) groups excluding carboxylic acids is 1. The molecule has 2 heterocycles. The summed E-state index contributed by atoms with van der Waals surface area (Å²) in [6.45, 7) is 8.46. The fraction of sp³-hybridized carbons (Fsp3) is 0.368. The first-order chi connectivity index (χ1) is 13.4. The first-order valence-electron chi connectivity index (χ1n) is 8.99. The van der Waals surface area contributed by atoms with Gasteiger partial charge >= 0.3 is 0 Å². The molecule has 0 aliphatic heterocycles. The van der Waals surface area contributed by atoms with Gasteiger partial charge in [0, 0.05) is 19.2 Å². The van der Waals surface area contributed by atoms with Crippen LogP contribution in [0.1, 0.15) is 39.6 Å². The summed E-state index contributed by atoms with van der Waals surface area (Å²) in [6, 6.07) is 7.38. The van der Waals surface area contributed by atoms with Gasteiger partial charge in [0.05, 0.1) is 11.1 Å². The maximum atomic E-state index is 11.1. The Hall–Kier alpha value is -2.94. The largest absolute Gasteiger partial charge is 0.431 e. The summed E-state index contributed by atoms with van der Waals surface area (Å²) in [6.07, 6.45) is 1.64. The van der Waals surface area contributed by atoms with Crippen LogP contribution < -0.4 is 15.4 Å². The van der Waals surface area contributed by atoms with E-state index < -0.39 is 0 Å². The number of nitrogens with zero attached hydrogens (tertiary/aromatic N) is 3. The van der Waals surface area contributed by atoms with Gasteiger partial charge in [-0.25, -0.2) is 4.98 Å². The van der Waals surface area contributed by atoms with Crippen molar-refractivity contribution < 1.29 is 14.1 Å². The molecule has 0 saturated carbocycles. The number of benzene rings is 1. The zero-order valence-electron chi connectivity index (χ0n) is 16.2. The van der Waals surface area contributed by atoms with Crippen molar-refractivity contribution in [1.82, 2.24) is 20.4 Å². The van der Waals surface area contributed by atoms with Gasteiger partial charge in [0.1, 0.15) is 11.8 Å². The van der Waals surface area contributed by atoms with E-state index in [9.17, 15) is 4.79 Å². The molecule has 0 saturated heterocycles. The highest BCUT2D eigenvalue weighted by Crippen LogP contribution is 2.32. The first-order valence-corrected chi connectivity index (χ1v) is 9.81. The van der Waals surface area contributed by atoms with Gasteiger partial charge in [0.25, 0.3) is 5.19 Å². The Labute approximate surface area is 167 Å². The van der Waals surface area contributed by atoms with Crippen molar-refractivity contribution in [1.29, 1.82) is 0 Å². The molecule has 0 radical (unpaired) electrons. The first kappa shape index (κ1) is 19.8. The third-order valence-electron chi connectivity index (χ3n) is 3.71. The Kier molecular flexibility index (Phi) is 6.25. The lowest BCUT2D eigenvalue weighted by molar-refractivity contribution is -0.119. The van der Waals surface area contributed by atoms with E-state index in [0.29, 0.717) is 28.6 Å². The Morgan fingerprint density at radius 3 is 2.68 bits per heavy atom. The lowest BCUT2D eigenvalue weighted by Crippen LogP contribution is -2.23. The van der Waals surface area contributed by atoms with Crippen LogP contribution in [-0.2, 0) is 4.79 Å². The number of ether oxygens (including phenoxy) is 1. The Bertz CT molecular complexity index is 920. The number of amides is 1. The van der Waals surface area contributed by atoms with Crippen molar-refractivity contribution in [2.45, 2.75) is 33.7 Å². The van der Waals surface area contributed by atoms with Gasteiger partial charge in [-0.05, 0) is 37.1 Å². The zero-order valence-corrected chi connectivity index (χ0v) is 17.0. The monoisotopic (exact) mass is 401 g/mol. The van der Waals surface area contributed by atoms with Crippen LogP contribution in [0.3, 0.4) is 0 Å². The van der Waals surface area contributed by atoms with Crippen molar-refractivity contribution in [3.8, 4) is 21.6 Å². The molecule has 0 bridgehead atoms. The zero-order chi connectivity index (χ0) is 20.1. The second-order valence-electron chi connectivity index (χ2n) is 6.77. The molecular weight excluding hydrogens is 378 g/mol. The van der Waals surface area contributed by atoms with Crippen LogP contribution >= 0.6 is 11.3 Å². The van der Waals surface area contributed by atoms with Gasteiger partial charge in [-0.2, -0.15) is 4.98 Å². The van der Waals surface area contributed by atoms with Crippen molar-refractivity contribution >= 4 is 22.9 Å². The van der Waals surface area contributed by atoms with Crippen LogP contribution in [0.4, 0.5) is 5.69 Å². The molecule has 0 aliphatic carbocycles. The molecule has 1 aromatic carbocycles. The number of anilines is 1. The average Bonchev–Trinajstić information content (AvgIpc) is 3.30. The maximum absolute atomic E-state index is 11.1. The summed E-state index contributed by atoms with van der Waals surface area (Å²) >= 11 is 1.32. The van der Waals surface area contributed by atoms with E-state index in [2.05, 4.69) is 39.6 Å². The van der Waals surface area contributed by atoms with E-state index in [-0.39, 0.29) is 11.9 Å². The van der Waals surface area contributed by atoms with Crippen LogP contribution in [0.25, 0.3) is 10.7 Å². The van der Waals surface area contributed by atoms with Gasteiger partial charge in [-0.1, -0.05) is 30.3 Å². The summed E-state index contributed by atoms with van der Waals surface area (Å²) < 4.78 is 11.0. The molecule has 148 valence electrons. The van der Waals surface area contributed by atoms with Crippen molar-refractivity contribution in [3.63, 3.8) is 0 Å². The molecule has 9 heteroatoms. The summed E-state index contributed by atoms with van der Waals surface area (Å²) in [5, 5.41) is 10.5. The third-order valence-corrected chi connectivity index (χ3v) is 4.58. The van der Waals surface area contributed by atoms with Gasteiger partial charge in [0.2, 0.25) is 17.6 Å². The highest BCUT2D eigenvalue weighted by molar-refractivity contribution is 7.16. The standard InChI is InChI=1S/C19H23N5O3S/c1-11(2)9-20-14-5-7-15(8-6-14)26-19-21-10-16(28-19)17-23-18(27-24-17)12(3)22-13(4)25/h5-8,10-12,20H,9H2,1-4H3,(H,22,25). The van der Waals surface area contributed by atoms with Crippen LogP contribution in [0.15, 0.2) is 35.0 Å². The van der Waals surface area contributed by atoms with Crippen molar-refractivity contribution in [3.05, 3.63) is 36.4 Å². The average molecular weight is 401 g/mol. The highest BCUT2D eigenvalue weighted by atomic mass is 32.1. The van der Waals surface area contributed by atoms with Crippen LogP contribution in [0.5, 0.6) is 10.9 Å². The number of hydrogen-bond acceptors (Lipinski definition) is 8. The lowest BCUT2D eigenvalue weighted by Gasteiger charge is -2.09. The van der Waals surface area contributed by atoms with Crippen LogP contribution in [-0.4, -0.2) is 27.6 Å². The van der Waals surface area contributed by atoms with Gasteiger partial charge in [-0.15, -0.1) is 0 Å². The van der Waals surface area contributed by atoms with Gasteiger partial charge < -0.3 is 19.9 Å². The summed E-state index contributed by atoms with van der Waals surface area (Å²) in [4.78, 5) is 20.4. The second kappa shape index (κ2) is 8.83. The predicted molar refractivity (Wildman–Crippen MR) is 107 cm³/mol. The van der Waals surface area contributed by atoms with Crippen LogP contribution in [0, 0.1) is 5.92 Å². The van der Waals surface area contributed by atoms with Gasteiger partial charge in [-0.3, -0.25) is 4.79 Å². The van der Waals surface area contributed by atoms with E-state index in [1.807, 2.05) is 24.3 Å². The summed E-state index contributed by atoms with van der Waals surface area (Å²) in [5.41, 5.74) is 1.05. The fourth-order valence-electron chi connectivity index (χ4n) is 2.35. The Balaban J connectivity index is 1.63. The third kappa shape index (κ3) is 5.29. The smallest absolute Gasteiger partial charge is 0.279 e. The minimum absolute atomic E-state index is 0.161. The molecule has 8 nitrogen and oxygen atoms in total. The normalized spacial score (nSPS) is 12.0. The number of aromatic nitrogens is 3. The van der Waals surface area contributed by atoms with Gasteiger partial charge in [0.15, 0.2) is 0 Å². The number of hydrogen-bond donors (Lipinski definition) is 2. The second-order valence-corrected chi connectivity index (χ2v) is 7.76. The lowest BCUT2D eigenvalue weighted by atomic mass is 10.2. The molecule has 0 aliphatic rings. The fourth-order valence-corrected chi connectivity index (χ4v) is 3.06. The van der Waals surface area contributed by atoms with E-state index in [0.717, 1.165) is 17.1 Å². The molecule has 1 atom stereocenters. The number of thiazole rings is 1. The SMILES string of the molecule is CC(=O)NC(C)c1nc(-c2cnc(Oc3ccc(NCC(C)C)cc3)s2)no1. The van der Waals surface area contributed by atoms with Crippen molar-refractivity contribution in [2.75, 3.05) is 11.9 Å². The van der Waals surface area contributed by atoms with E-state index in [1.54, 1.807) is 13.1 Å². The minimum Gasteiger partial charge on any atom is -0.431 e. The molecule has 1 amide bonds. The number of nitrogens with one attached hydrogen (secondary N) is 2. The molecule has 2 aromatic heterocycles. The molecule has 2 N–H and O–H groups in total. The predicted octanol–water partition coefficient (Wildman–Crippen LogP) is 4.25. The quantitative estimate of drug-likeness (QED) is 0.582. The van der Waals surface area contributed by atoms with E-state index in [1.165, 1.54) is 18.3 Å². The van der Waals surface area contributed by atoms with E-state index in [4.69, 9.17) is 9.26 Å². The van der Waals surface area contributed by atoms with E-state index >= 15 is 0 Å². The molecule has 0 spiro atoms. The summed E-state index contributed by atoms with van der Waals surface area (Å²) in [7, 11) is 0. The highest BCUT2D eigenvalue weighted by Gasteiger charge is 2.18. The number of carbonyl (C=O) groups is 1. The Morgan fingerprint density at radius 2 is 2.00 bits per heavy atom. The number of rotatable bonds is 8. The molecule has 3 aromatic rings. The van der Waals surface area contributed by atoms with Crippen LogP contribution in [0.2, 0.25) is 0 Å². The Morgan fingerprint density at radius 1 is 1.25 bits per heavy atom. The minimum atomic E-state index is -0.356. The topological polar surface area (TPSA) is 102 Å². The molecule has 0 fully saturated rings. The molecule has 28 heavy (non-hydrogen) atoms. The summed E-state index contributed by atoms with van der Waals surface area (Å²) in [5.74, 6) is 1.87. The molecule has 3 rings (SSSR count). The van der Waals surface area contributed by atoms with Crippen molar-refractivity contribution in [2.24, 2.45) is 5.92 Å². The molecular formula is C19H23N5O3S. The maximum Gasteiger partial charge on any atom is 0.279 e.